The van der Waals surface area contributed by atoms with E-state index in [1.807, 2.05) is 23.2 Å². The number of benzene rings is 1. The van der Waals surface area contributed by atoms with Gasteiger partial charge in [0.1, 0.15) is 5.82 Å². The third-order valence-electron chi connectivity index (χ3n) is 6.20. The van der Waals surface area contributed by atoms with E-state index in [0.717, 1.165) is 35.5 Å². The molecule has 0 atom stereocenters. The molecule has 0 bridgehead atoms. The lowest BCUT2D eigenvalue weighted by Crippen LogP contribution is -2.38. The average molecular weight is 409 g/mol. The predicted molar refractivity (Wildman–Crippen MR) is 116 cm³/mol. The molecule has 1 aliphatic heterocycles. The highest BCUT2D eigenvalue weighted by atomic mass is 16.2. The second-order valence-corrected chi connectivity index (χ2v) is 8.29. The summed E-state index contributed by atoms with van der Waals surface area (Å²) in [6.07, 6.45) is 9.67. The summed E-state index contributed by atoms with van der Waals surface area (Å²) in [4.78, 5) is 28.6. The molecule has 1 saturated carbocycles. The smallest absolute Gasteiger partial charge is 0.253 e. The van der Waals surface area contributed by atoms with Gasteiger partial charge in [-0.2, -0.15) is 5.26 Å². The van der Waals surface area contributed by atoms with Crippen LogP contribution in [0.2, 0.25) is 0 Å². The number of aromatic nitrogens is 3. The van der Waals surface area contributed by atoms with Gasteiger partial charge in [-0.15, -0.1) is 0 Å². The molecule has 3 aromatic rings. The molecule has 0 radical (unpaired) electrons. The van der Waals surface area contributed by atoms with Crippen molar-refractivity contribution in [2.24, 2.45) is 0 Å². The van der Waals surface area contributed by atoms with Gasteiger partial charge in [-0.25, -0.2) is 9.97 Å². The Kier molecular flexibility index (Phi) is 5.17. The van der Waals surface area contributed by atoms with Crippen LogP contribution < -0.4 is 0 Å². The highest BCUT2D eigenvalue weighted by Crippen LogP contribution is 2.40. The van der Waals surface area contributed by atoms with Gasteiger partial charge < -0.3 is 4.90 Å². The van der Waals surface area contributed by atoms with Crippen LogP contribution in [0.4, 0.5) is 0 Å². The minimum absolute atomic E-state index is 0.0265. The Bertz CT molecular complexity index is 1120. The van der Waals surface area contributed by atoms with Crippen LogP contribution in [0.1, 0.15) is 65.0 Å². The fourth-order valence-corrected chi connectivity index (χ4v) is 4.24. The second kappa shape index (κ2) is 8.27. The molecule has 0 N–H and O–H groups in total. The first kappa shape index (κ1) is 19.4. The standard InChI is InChI=1S/C25H23N5O/c26-15-17-1-3-21(4-2-17)25(31)30-13-9-19(10-14-30)23-22(18-7-11-27-12-8-18)16-28-24(29-23)20-5-6-20/h1-4,7-8,11-12,16,19-20H,5-6,9-10,13-14H2. The normalized spacial score (nSPS) is 16.7. The van der Waals surface area contributed by atoms with E-state index in [9.17, 15) is 4.79 Å². The number of hydrogen-bond donors (Lipinski definition) is 0. The van der Waals surface area contributed by atoms with E-state index >= 15 is 0 Å². The Morgan fingerprint density at radius 3 is 2.32 bits per heavy atom. The van der Waals surface area contributed by atoms with E-state index in [-0.39, 0.29) is 5.91 Å². The first-order valence-electron chi connectivity index (χ1n) is 10.8. The van der Waals surface area contributed by atoms with Crippen LogP contribution in [0.25, 0.3) is 11.1 Å². The Balaban J connectivity index is 1.35. The van der Waals surface area contributed by atoms with Crippen molar-refractivity contribution in [2.45, 2.75) is 37.5 Å². The first-order valence-corrected chi connectivity index (χ1v) is 10.8. The molecule has 6 nitrogen and oxygen atoms in total. The lowest BCUT2D eigenvalue weighted by molar-refractivity contribution is 0.0712. The molecule has 6 heteroatoms. The summed E-state index contributed by atoms with van der Waals surface area (Å²) in [6, 6.07) is 13.0. The largest absolute Gasteiger partial charge is 0.339 e. The highest BCUT2D eigenvalue weighted by Gasteiger charge is 2.31. The van der Waals surface area contributed by atoms with Gasteiger partial charge in [-0.05, 0) is 67.6 Å². The van der Waals surface area contributed by atoms with E-state index < -0.39 is 0 Å². The zero-order valence-electron chi connectivity index (χ0n) is 17.2. The zero-order chi connectivity index (χ0) is 21.2. The summed E-state index contributed by atoms with van der Waals surface area (Å²) < 4.78 is 0. The number of hydrogen-bond acceptors (Lipinski definition) is 5. The van der Waals surface area contributed by atoms with Gasteiger partial charge in [-0.1, -0.05) is 0 Å². The summed E-state index contributed by atoms with van der Waals surface area (Å²) in [5.74, 6) is 1.79. The van der Waals surface area contributed by atoms with Gasteiger partial charge in [0, 0.05) is 54.6 Å². The van der Waals surface area contributed by atoms with E-state index in [1.54, 1.807) is 36.7 Å². The minimum atomic E-state index is 0.0265. The van der Waals surface area contributed by atoms with E-state index in [1.165, 1.54) is 12.8 Å². The molecule has 31 heavy (non-hydrogen) atoms. The van der Waals surface area contributed by atoms with E-state index in [4.69, 9.17) is 10.2 Å². The SMILES string of the molecule is N#Cc1ccc(C(=O)N2CCC(c3nc(C4CC4)ncc3-c3ccncc3)CC2)cc1. The van der Waals surface area contributed by atoms with Gasteiger partial charge in [0.05, 0.1) is 17.3 Å². The molecular formula is C25H23N5O. The maximum Gasteiger partial charge on any atom is 0.253 e. The minimum Gasteiger partial charge on any atom is -0.339 e. The van der Waals surface area contributed by atoms with Crippen LogP contribution in [0.5, 0.6) is 0 Å². The number of nitriles is 1. The Labute approximate surface area is 181 Å². The lowest BCUT2D eigenvalue weighted by atomic mass is 9.88. The zero-order valence-corrected chi connectivity index (χ0v) is 17.2. The van der Waals surface area contributed by atoms with Gasteiger partial charge >= 0.3 is 0 Å². The predicted octanol–water partition coefficient (Wildman–Crippen LogP) is 4.31. The molecule has 1 amide bonds. The molecule has 0 unspecified atom stereocenters. The molecule has 5 rings (SSSR count). The van der Waals surface area contributed by atoms with Gasteiger partial charge in [-0.3, -0.25) is 9.78 Å². The van der Waals surface area contributed by atoms with Crippen LogP contribution in [0, 0.1) is 11.3 Å². The molecule has 1 aromatic carbocycles. The van der Waals surface area contributed by atoms with Crippen molar-refractivity contribution in [3.63, 3.8) is 0 Å². The molecule has 2 fully saturated rings. The summed E-state index contributed by atoms with van der Waals surface area (Å²) in [6.45, 7) is 1.39. The summed E-state index contributed by atoms with van der Waals surface area (Å²) >= 11 is 0. The third-order valence-corrected chi connectivity index (χ3v) is 6.20. The van der Waals surface area contributed by atoms with Crippen LogP contribution in [-0.4, -0.2) is 38.8 Å². The lowest BCUT2D eigenvalue weighted by Gasteiger charge is -2.32. The number of nitrogens with zero attached hydrogens (tertiary/aromatic N) is 5. The quantitative estimate of drug-likeness (QED) is 0.641. The molecule has 1 aliphatic carbocycles. The monoisotopic (exact) mass is 409 g/mol. The van der Waals surface area contributed by atoms with Crippen molar-refractivity contribution < 1.29 is 4.79 Å². The van der Waals surface area contributed by atoms with Crippen LogP contribution in [-0.2, 0) is 0 Å². The van der Waals surface area contributed by atoms with Crippen molar-refractivity contribution in [2.75, 3.05) is 13.1 Å². The van der Waals surface area contributed by atoms with Crippen molar-refractivity contribution in [3.8, 4) is 17.2 Å². The topological polar surface area (TPSA) is 82.8 Å². The number of carbonyl (C=O) groups excluding carboxylic acids is 1. The average Bonchev–Trinajstić information content (AvgIpc) is 3.70. The summed E-state index contributed by atoms with van der Waals surface area (Å²) in [5.41, 5.74) is 4.46. The molecule has 1 saturated heterocycles. The summed E-state index contributed by atoms with van der Waals surface area (Å²) in [5, 5.41) is 8.96. The number of rotatable bonds is 4. The van der Waals surface area contributed by atoms with Crippen molar-refractivity contribution in [3.05, 3.63) is 77.6 Å². The maximum atomic E-state index is 12.9. The number of likely N-dealkylation sites (tertiary alicyclic amines) is 1. The number of amides is 1. The number of carbonyl (C=O) groups is 1. The second-order valence-electron chi connectivity index (χ2n) is 8.29. The van der Waals surface area contributed by atoms with Crippen LogP contribution in [0.3, 0.4) is 0 Å². The summed E-state index contributed by atoms with van der Waals surface area (Å²) in [7, 11) is 0. The first-order chi connectivity index (χ1) is 15.2. The fraction of sp³-hybridized carbons (Fsp3) is 0.320. The fourth-order valence-electron chi connectivity index (χ4n) is 4.24. The van der Waals surface area contributed by atoms with Gasteiger partial charge in [0.25, 0.3) is 5.91 Å². The molecular weight excluding hydrogens is 386 g/mol. The Hall–Kier alpha value is -3.59. The number of piperidine rings is 1. The Morgan fingerprint density at radius 1 is 0.968 bits per heavy atom. The maximum absolute atomic E-state index is 12.9. The molecule has 3 heterocycles. The van der Waals surface area contributed by atoms with Gasteiger partial charge in [0.15, 0.2) is 0 Å². The van der Waals surface area contributed by atoms with Crippen LogP contribution >= 0.6 is 0 Å². The van der Waals surface area contributed by atoms with Crippen molar-refractivity contribution in [1.82, 2.24) is 19.9 Å². The molecule has 0 spiro atoms. The number of pyridine rings is 1. The Morgan fingerprint density at radius 2 is 1.68 bits per heavy atom. The van der Waals surface area contributed by atoms with E-state index in [2.05, 4.69) is 16.0 Å². The van der Waals surface area contributed by atoms with Crippen molar-refractivity contribution >= 4 is 5.91 Å². The van der Waals surface area contributed by atoms with E-state index in [0.29, 0.717) is 36.1 Å². The molecule has 2 aliphatic rings. The van der Waals surface area contributed by atoms with Gasteiger partial charge in [0.2, 0.25) is 0 Å². The molecule has 2 aromatic heterocycles. The molecule has 154 valence electrons. The third kappa shape index (κ3) is 4.04. The van der Waals surface area contributed by atoms with Crippen LogP contribution in [0.15, 0.2) is 55.0 Å². The van der Waals surface area contributed by atoms with Crippen molar-refractivity contribution in [1.29, 1.82) is 5.26 Å². The highest BCUT2D eigenvalue weighted by molar-refractivity contribution is 5.94.